The molecule has 0 radical (unpaired) electrons. The lowest BCUT2D eigenvalue weighted by Gasteiger charge is -2.58. The van der Waals surface area contributed by atoms with Crippen LogP contribution in [0.25, 0.3) is 0 Å². The lowest BCUT2D eigenvalue weighted by molar-refractivity contribution is -0.0685. The Labute approximate surface area is 108 Å². The third kappa shape index (κ3) is 1.53. The molecule has 1 heterocycles. The van der Waals surface area contributed by atoms with Gasteiger partial charge in [-0.05, 0) is 61.7 Å². The van der Waals surface area contributed by atoms with Crippen LogP contribution in [0.3, 0.4) is 0 Å². The maximum Gasteiger partial charge on any atom is 0.0759 e. The summed E-state index contributed by atoms with van der Waals surface area (Å²) in [6.07, 6.45) is 13.8. The fourth-order valence-corrected chi connectivity index (χ4v) is 5.34. The molecule has 4 fully saturated rings. The van der Waals surface area contributed by atoms with Crippen molar-refractivity contribution in [2.75, 3.05) is 0 Å². The van der Waals surface area contributed by atoms with Crippen LogP contribution in [0, 0.1) is 23.2 Å². The number of rotatable bonds is 2. The van der Waals surface area contributed by atoms with E-state index in [2.05, 4.69) is 9.97 Å². The molecule has 4 aliphatic rings. The topological polar surface area (TPSA) is 51.8 Å². The maximum absolute atomic E-state index is 6.59. The summed E-state index contributed by atoms with van der Waals surface area (Å²) in [4.78, 5) is 8.64. The van der Waals surface area contributed by atoms with Gasteiger partial charge in [-0.15, -0.1) is 0 Å². The molecule has 0 amide bonds. The van der Waals surface area contributed by atoms with Gasteiger partial charge in [-0.1, -0.05) is 0 Å². The molecule has 0 aliphatic heterocycles. The summed E-state index contributed by atoms with van der Waals surface area (Å²) in [6, 6.07) is 0.0969. The second-order valence-electron chi connectivity index (χ2n) is 6.89. The van der Waals surface area contributed by atoms with Gasteiger partial charge in [0.15, 0.2) is 0 Å². The summed E-state index contributed by atoms with van der Waals surface area (Å²) in [7, 11) is 0. The third-order valence-corrected chi connectivity index (χ3v) is 5.65. The smallest absolute Gasteiger partial charge is 0.0759 e. The number of nitrogens with two attached hydrogens (primary N) is 1. The summed E-state index contributed by atoms with van der Waals surface area (Å²) < 4.78 is 0. The first-order valence-electron chi connectivity index (χ1n) is 7.27. The quantitative estimate of drug-likeness (QED) is 0.869. The van der Waals surface area contributed by atoms with E-state index in [4.69, 9.17) is 5.73 Å². The zero-order valence-electron chi connectivity index (χ0n) is 10.8. The molecular weight excluding hydrogens is 222 g/mol. The zero-order valence-corrected chi connectivity index (χ0v) is 10.8. The average Bonchev–Trinajstić information content (AvgIpc) is 2.37. The highest BCUT2D eigenvalue weighted by atomic mass is 14.8. The third-order valence-electron chi connectivity index (χ3n) is 5.65. The Hall–Kier alpha value is -0.960. The maximum atomic E-state index is 6.59. The van der Waals surface area contributed by atoms with Crippen LogP contribution >= 0.6 is 0 Å². The standard InChI is InChI=1S/C15H21N3/c16-14(13-9-17-1-2-18-13)15-6-10-3-11(7-15)5-12(4-10)8-15/h1-2,9-12,14H,3-8,16H2. The minimum Gasteiger partial charge on any atom is -0.322 e. The Morgan fingerprint density at radius 3 is 2.17 bits per heavy atom. The molecule has 18 heavy (non-hydrogen) atoms. The van der Waals surface area contributed by atoms with Crippen molar-refractivity contribution in [3.05, 3.63) is 24.3 Å². The van der Waals surface area contributed by atoms with Gasteiger partial charge in [0.25, 0.3) is 0 Å². The van der Waals surface area contributed by atoms with Gasteiger partial charge >= 0.3 is 0 Å². The zero-order chi connectivity index (χ0) is 12.2. The molecule has 5 rings (SSSR count). The van der Waals surface area contributed by atoms with E-state index in [1.807, 2.05) is 6.20 Å². The van der Waals surface area contributed by atoms with Crippen molar-refractivity contribution in [2.24, 2.45) is 28.9 Å². The molecule has 4 aliphatic carbocycles. The molecule has 2 N–H and O–H groups in total. The van der Waals surface area contributed by atoms with Gasteiger partial charge in [0.2, 0.25) is 0 Å². The van der Waals surface area contributed by atoms with E-state index in [1.165, 1.54) is 38.5 Å². The van der Waals surface area contributed by atoms with Crippen molar-refractivity contribution in [3.8, 4) is 0 Å². The Morgan fingerprint density at radius 2 is 1.67 bits per heavy atom. The van der Waals surface area contributed by atoms with Crippen molar-refractivity contribution in [2.45, 2.75) is 44.6 Å². The Kier molecular flexibility index (Phi) is 2.28. The van der Waals surface area contributed by atoms with Gasteiger partial charge < -0.3 is 5.73 Å². The van der Waals surface area contributed by atoms with Crippen LogP contribution < -0.4 is 5.73 Å². The Morgan fingerprint density at radius 1 is 1.06 bits per heavy atom. The predicted molar refractivity (Wildman–Crippen MR) is 69.6 cm³/mol. The van der Waals surface area contributed by atoms with E-state index >= 15 is 0 Å². The van der Waals surface area contributed by atoms with E-state index in [0.29, 0.717) is 5.41 Å². The van der Waals surface area contributed by atoms with Crippen molar-refractivity contribution >= 4 is 0 Å². The lowest BCUT2D eigenvalue weighted by atomic mass is 9.47. The Bertz CT molecular complexity index is 407. The van der Waals surface area contributed by atoms with Crippen LogP contribution in [0.5, 0.6) is 0 Å². The summed E-state index contributed by atoms with van der Waals surface area (Å²) in [6.45, 7) is 0. The molecule has 1 aromatic heterocycles. The van der Waals surface area contributed by atoms with Crippen LogP contribution in [0.1, 0.15) is 50.3 Å². The normalized spacial score (nSPS) is 43.1. The van der Waals surface area contributed by atoms with Crippen molar-refractivity contribution in [1.82, 2.24) is 9.97 Å². The van der Waals surface area contributed by atoms with Gasteiger partial charge in [-0.2, -0.15) is 0 Å². The first kappa shape index (κ1) is 10.9. The van der Waals surface area contributed by atoms with Gasteiger partial charge in [0, 0.05) is 18.6 Å². The molecule has 1 aromatic rings. The highest BCUT2D eigenvalue weighted by Crippen LogP contribution is 2.63. The van der Waals surface area contributed by atoms with E-state index < -0.39 is 0 Å². The van der Waals surface area contributed by atoms with Crippen LogP contribution in [0.4, 0.5) is 0 Å². The van der Waals surface area contributed by atoms with Crippen molar-refractivity contribution in [3.63, 3.8) is 0 Å². The molecule has 1 atom stereocenters. The van der Waals surface area contributed by atoms with Crippen LogP contribution in [-0.4, -0.2) is 9.97 Å². The average molecular weight is 243 g/mol. The largest absolute Gasteiger partial charge is 0.322 e. The monoisotopic (exact) mass is 243 g/mol. The lowest BCUT2D eigenvalue weighted by Crippen LogP contribution is -2.51. The van der Waals surface area contributed by atoms with Crippen LogP contribution in [-0.2, 0) is 0 Å². The molecule has 4 saturated carbocycles. The highest BCUT2D eigenvalue weighted by Gasteiger charge is 2.53. The molecule has 3 heteroatoms. The Balaban J connectivity index is 1.67. The fraction of sp³-hybridized carbons (Fsp3) is 0.733. The van der Waals surface area contributed by atoms with E-state index in [0.717, 1.165) is 23.4 Å². The number of hydrogen-bond acceptors (Lipinski definition) is 3. The van der Waals surface area contributed by atoms with Gasteiger partial charge in [-0.3, -0.25) is 9.97 Å². The summed E-state index contributed by atoms with van der Waals surface area (Å²) in [5.41, 5.74) is 7.93. The van der Waals surface area contributed by atoms with Gasteiger partial charge in [0.1, 0.15) is 0 Å². The van der Waals surface area contributed by atoms with Crippen LogP contribution in [0.2, 0.25) is 0 Å². The summed E-state index contributed by atoms with van der Waals surface area (Å²) >= 11 is 0. The first-order valence-corrected chi connectivity index (χ1v) is 7.27. The summed E-state index contributed by atoms with van der Waals surface area (Å²) in [5, 5.41) is 0. The first-order chi connectivity index (χ1) is 8.75. The SMILES string of the molecule is NC(c1cnccn1)C12CC3CC(CC(C3)C1)C2. The minimum atomic E-state index is 0.0969. The van der Waals surface area contributed by atoms with E-state index in [9.17, 15) is 0 Å². The van der Waals surface area contributed by atoms with Crippen molar-refractivity contribution in [1.29, 1.82) is 0 Å². The second-order valence-corrected chi connectivity index (χ2v) is 6.89. The molecule has 0 spiro atoms. The van der Waals surface area contributed by atoms with Crippen LogP contribution in [0.15, 0.2) is 18.6 Å². The predicted octanol–water partition coefficient (Wildman–Crippen LogP) is 2.69. The number of hydrogen-bond donors (Lipinski definition) is 1. The van der Waals surface area contributed by atoms with E-state index in [1.54, 1.807) is 12.4 Å². The minimum absolute atomic E-state index is 0.0969. The molecule has 4 bridgehead atoms. The molecule has 1 unspecified atom stereocenters. The fourth-order valence-electron chi connectivity index (χ4n) is 5.34. The molecule has 0 aromatic carbocycles. The van der Waals surface area contributed by atoms with Crippen molar-refractivity contribution < 1.29 is 0 Å². The molecule has 96 valence electrons. The summed E-state index contributed by atoms with van der Waals surface area (Å²) in [5.74, 6) is 2.83. The number of aromatic nitrogens is 2. The van der Waals surface area contributed by atoms with Gasteiger partial charge in [-0.25, -0.2) is 0 Å². The molecular formula is C15H21N3. The highest BCUT2D eigenvalue weighted by molar-refractivity contribution is 5.13. The molecule has 3 nitrogen and oxygen atoms in total. The second kappa shape index (κ2) is 3.77. The van der Waals surface area contributed by atoms with Gasteiger partial charge in [0.05, 0.1) is 11.7 Å². The van der Waals surface area contributed by atoms with E-state index in [-0.39, 0.29) is 6.04 Å². The molecule has 0 saturated heterocycles. The number of nitrogens with zero attached hydrogens (tertiary/aromatic N) is 2.